The zero-order valence-electron chi connectivity index (χ0n) is 12.6. The summed E-state index contributed by atoms with van der Waals surface area (Å²) in [6.07, 6.45) is 2.36. The van der Waals surface area contributed by atoms with Gasteiger partial charge in [0.05, 0.1) is 22.3 Å². The maximum absolute atomic E-state index is 11.9. The average molecular weight is 346 g/mol. The second-order valence-corrected chi connectivity index (χ2v) is 6.37. The zero-order valence-corrected chi connectivity index (χ0v) is 14.2. The molecule has 0 aromatic heterocycles. The van der Waals surface area contributed by atoms with Gasteiger partial charge in [-0.2, -0.15) is 0 Å². The Morgan fingerprint density at radius 2 is 2.05 bits per heavy atom. The lowest BCUT2D eigenvalue weighted by Gasteiger charge is -2.38. The highest BCUT2D eigenvalue weighted by molar-refractivity contribution is 6.42. The molecule has 1 aromatic carbocycles. The van der Waals surface area contributed by atoms with E-state index >= 15 is 0 Å². The highest BCUT2D eigenvalue weighted by Crippen LogP contribution is 2.39. The van der Waals surface area contributed by atoms with Crippen molar-refractivity contribution in [3.63, 3.8) is 0 Å². The molecule has 1 aliphatic heterocycles. The van der Waals surface area contributed by atoms with Gasteiger partial charge in [0.15, 0.2) is 0 Å². The van der Waals surface area contributed by atoms with Crippen molar-refractivity contribution < 1.29 is 14.6 Å². The molecule has 6 heteroatoms. The summed E-state index contributed by atoms with van der Waals surface area (Å²) < 4.78 is 5.20. The highest BCUT2D eigenvalue weighted by atomic mass is 35.5. The van der Waals surface area contributed by atoms with E-state index in [2.05, 4.69) is 0 Å². The maximum atomic E-state index is 11.9. The van der Waals surface area contributed by atoms with Gasteiger partial charge in [-0.15, -0.1) is 0 Å². The second kappa shape index (κ2) is 7.53. The molecule has 0 spiro atoms. The maximum Gasteiger partial charge on any atom is 0.409 e. The largest absolute Gasteiger partial charge is 0.449 e. The lowest BCUT2D eigenvalue weighted by atomic mass is 9.84. The molecule has 1 aromatic rings. The molecule has 22 heavy (non-hydrogen) atoms. The molecular formula is C16H21Cl2NO3. The first-order valence-corrected chi connectivity index (χ1v) is 8.32. The third kappa shape index (κ3) is 3.86. The molecule has 0 saturated carbocycles. The number of unbranched alkanes of at least 4 members (excludes halogenated alkanes) is 1. The number of rotatable bonds is 4. The molecule has 1 amide bonds. The van der Waals surface area contributed by atoms with E-state index in [0.717, 1.165) is 12.8 Å². The van der Waals surface area contributed by atoms with Crippen LogP contribution in [0.15, 0.2) is 18.2 Å². The Morgan fingerprint density at radius 3 is 2.68 bits per heavy atom. The molecule has 1 N–H and O–H groups in total. The summed E-state index contributed by atoms with van der Waals surface area (Å²) in [4.78, 5) is 13.5. The van der Waals surface area contributed by atoms with E-state index in [-0.39, 0.29) is 6.09 Å². The van der Waals surface area contributed by atoms with E-state index in [1.165, 1.54) is 0 Å². The second-order valence-electron chi connectivity index (χ2n) is 5.59. The first kappa shape index (κ1) is 17.4. The van der Waals surface area contributed by atoms with Gasteiger partial charge >= 0.3 is 6.09 Å². The highest BCUT2D eigenvalue weighted by Gasteiger charge is 2.37. The van der Waals surface area contributed by atoms with Gasteiger partial charge in [-0.1, -0.05) is 48.7 Å². The number of benzene rings is 1. The van der Waals surface area contributed by atoms with E-state index in [4.69, 9.17) is 27.9 Å². The summed E-state index contributed by atoms with van der Waals surface area (Å²) in [6, 6.07) is 5.24. The van der Waals surface area contributed by atoms with Crippen LogP contribution >= 0.6 is 23.2 Å². The molecule has 0 bridgehead atoms. The van der Waals surface area contributed by atoms with Crippen molar-refractivity contribution in [2.75, 3.05) is 19.7 Å². The number of hydrogen-bond donors (Lipinski definition) is 1. The van der Waals surface area contributed by atoms with E-state index in [9.17, 15) is 9.90 Å². The summed E-state index contributed by atoms with van der Waals surface area (Å²) in [6.45, 7) is 3.36. The topological polar surface area (TPSA) is 49.8 Å². The van der Waals surface area contributed by atoms with Crippen LogP contribution in [-0.2, 0) is 10.3 Å². The Bertz CT molecular complexity index is 528. The van der Waals surface area contributed by atoms with Crippen LogP contribution in [0.3, 0.4) is 0 Å². The van der Waals surface area contributed by atoms with Crippen molar-refractivity contribution in [1.29, 1.82) is 0 Å². The van der Waals surface area contributed by atoms with E-state index in [1.54, 1.807) is 23.1 Å². The number of aliphatic hydroxyl groups is 1. The zero-order chi connectivity index (χ0) is 16.2. The van der Waals surface area contributed by atoms with Crippen LogP contribution < -0.4 is 0 Å². The minimum Gasteiger partial charge on any atom is -0.449 e. The summed E-state index contributed by atoms with van der Waals surface area (Å²) >= 11 is 12.2. The number of amides is 1. The molecule has 0 unspecified atom stereocenters. The number of halogens is 2. The molecule has 0 atom stereocenters. The van der Waals surface area contributed by atoms with Gasteiger partial charge in [-0.3, -0.25) is 0 Å². The SMILES string of the molecule is CCCCOC(=O)N1CCC(O)(c2cccc(Cl)c2Cl)CC1. The van der Waals surface area contributed by atoms with Gasteiger partial charge in [0, 0.05) is 18.7 Å². The summed E-state index contributed by atoms with van der Waals surface area (Å²) in [7, 11) is 0. The number of likely N-dealkylation sites (tertiary alicyclic amines) is 1. The summed E-state index contributed by atoms with van der Waals surface area (Å²) in [5, 5.41) is 11.6. The Kier molecular flexibility index (Phi) is 5.95. The normalized spacial score (nSPS) is 17.4. The van der Waals surface area contributed by atoms with Crippen molar-refractivity contribution in [2.45, 2.75) is 38.2 Å². The fourth-order valence-corrected chi connectivity index (χ4v) is 3.06. The fourth-order valence-electron chi connectivity index (χ4n) is 2.59. The molecule has 0 aliphatic carbocycles. The van der Waals surface area contributed by atoms with Crippen LogP contribution in [0.25, 0.3) is 0 Å². The number of hydrogen-bond acceptors (Lipinski definition) is 3. The molecule has 122 valence electrons. The van der Waals surface area contributed by atoms with E-state index < -0.39 is 5.60 Å². The molecule has 4 nitrogen and oxygen atoms in total. The number of carbonyl (C=O) groups excluding carboxylic acids is 1. The third-order valence-corrected chi connectivity index (χ3v) is 4.84. The van der Waals surface area contributed by atoms with Crippen molar-refractivity contribution in [3.8, 4) is 0 Å². The van der Waals surface area contributed by atoms with Gasteiger partial charge in [0.2, 0.25) is 0 Å². The standard InChI is InChI=1S/C16H21Cl2NO3/c1-2-3-11-22-15(20)19-9-7-16(21,8-10-19)12-5-4-6-13(17)14(12)18/h4-6,21H,2-3,7-11H2,1H3. The average Bonchev–Trinajstić information content (AvgIpc) is 2.50. The van der Waals surface area contributed by atoms with E-state index in [1.807, 2.05) is 6.92 Å². The first-order chi connectivity index (χ1) is 10.5. The van der Waals surface area contributed by atoms with Gasteiger partial charge in [-0.25, -0.2) is 4.79 Å². The van der Waals surface area contributed by atoms with Crippen LogP contribution in [0.5, 0.6) is 0 Å². The number of piperidine rings is 1. The minimum absolute atomic E-state index is 0.312. The molecule has 1 aliphatic rings. The van der Waals surface area contributed by atoms with Crippen LogP contribution in [0.2, 0.25) is 10.0 Å². The predicted molar refractivity (Wildman–Crippen MR) is 87.4 cm³/mol. The summed E-state index contributed by atoms with van der Waals surface area (Å²) in [5.74, 6) is 0. The molecule has 1 saturated heterocycles. The first-order valence-electron chi connectivity index (χ1n) is 7.56. The van der Waals surface area contributed by atoms with Crippen molar-refractivity contribution >= 4 is 29.3 Å². The van der Waals surface area contributed by atoms with Crippen LogP contribution in [-0.4, -0.2) is 35.8 Å². The lowest BCUT2D eigenvalue weighted by molar-refractivity contribution is -0.0247. The van der Waals surface area contributed by atoms with Gasteiger partial charge in [0.1, 0.15) is 0 Å². The van der Waals surface area contributed by atoms with Crippen molar-refractivity contribution in [3.05, 3.63) is 33.8 Å². The number of ether oxygens (including phenoxy) is 1. The molecular weight excluding hydrogens is 325 g/mol. The van der Waals surface area contributed by atoms with Gasteiger partial charge in [-0.05, 0) is 25.3 Å². The molecule has 2 rings (SSSR count). The fraction of sp³-hybridized carbons (Fsp3) is 0.562. The van der Waals surface area contributed by atoms with Gasteiger partial charge in [0.25, 0.3) is 0 Å². The molecule has 1 fully saturated rings. The van der Waals surface area contributed by atoms with Crippen molar-refractivity contribution in [2.24, 2.45) is 0 Å². The Hall–Kier alpha value is -0.970. The van der Waals surface area contributed by atoms with Crippen molar-refractivity contribution in [1.82, 2.24) is 4.90 Å². The third-order valence-electron chi connectivity index (χ3n) is 4.03. The number of carbonyl (C=O) groups is 1. The Labute approximate surface area is 141 Å². The van der Waals surface area contributed by atoms with Crippen LogP contribution in [0.4, 0.5) is 4.79 Å². The predicted octanol–water partition coefficient (Wildman–Crippen LogP) is 4.21. The van der Waals surface area contributed by atoms with Crippen LogP contribution in [0, 0.1) is 0 Å². The minimum atomic E-state index is -1.05. The Morgan fingerprint density at radius 1 is 1.36 bits per heavy atom. The monoisotopic (exact) mass is 345 g/mol. The van der Waals surface area contributed by atoms with Crippen LogP contribution in [0.1, 0.15) is 38.2 Å². The quantitative estimate of drug-likeness (QED) is 0.831. The Balaban J connectivity index is 1.98. The number of nitrogens with zero attached hydrogens (tertiary/aromatic N) is 1. The smallest absolute Gasteiger partial charge is 0.409 e. The molecule has 0 radical (unpaired) electrons. The molecule has 1 heterocycles. The summed E-state index contributed by atoms with van der Waals surface area (Å²) in [5.41, 5.74) is -0.428. The van der Waals surface area contributed by atoms with Gasteiger partial charge < -0.3 is 14.7 Å². The van der Waals surface area contributed by atoms with E-state index in [0.29, 0.717) is 48.1 Å². The lowest BCUT2D eigenvalue weighted by Crippen LogP contribution is -2.45.